The molecule has 1 fully saturated rings. The summed E-state index contributed by atoms with van der Waals surface area (Å²) in [6.45, 7) is -0.432. The zero-order valence-electron chi connectivity index (χ0n) is 27.0. The fourth-order valence-electron chi connectivity index (χ4n) is 5.14. The molecule has 3 aromatic carbocycles. The number of hydrogen-bond acceptors (Lipinski definition) is 12. The number of hydrogen-bond donors (Lipinski definition) is 1. The van der Waals surface area contributed by atoms with Crippen LogP contribution in [0, 0.1) is 0 Å². The van der Waals surface area contributed by atoms with Gasteiger partial charge in [-0.15, -0.1) is 0 Å². The van der Waals surface area contributed by atoms with E-state index in [0.29, 0.717) is 6.42 Å². The number of carbonyl (C=O) groups excluding carboxylic acids is 4. The van der Waals surface area contributed by atoms with Crippen LogP contribution in [0.5, 0.6) is 0 Å². The number of methoxy groups -OCH3 is 1. The Balaban J connectivity index is 1.46. The average molecular weight is 683 g/mol. The summed E-state index contributed by atoms with van der Waals surface area (Å²) in [7, 11) is 1.27. The summed E-state index contributed by atoms with van der Waals surface area (Å²) < 4.78 is 29.2. The Hall–Kier alpha value is -6.08. The number of ether oxygens (including phenoxy) is 5. The number of nitrogens with zero attached hydrogens (tertiary/aromatic N) is 2. The van der Waals surface area contributed by atoms with Crippen molar-refractivity contribution in [2.24, 2.45) is 0 Å². The first-order chi connectivity index (χ1) is 24.2. The number of allylic oxidation sites excluding steroid dienone is 1. The van der Waals surface area contributed by atoms with Crippen LogP contribution in [-0.2, 0) is 28.5 Å². The molecule has 0 amide bonds. The van der Waals surface area contributed by atoms with Crippen molar-refractivity contribution < 1.29 is 48.0 Å². The van der Waals surface area contributed by atoms with Crippen molar-refractivity contribution in [3.05, 3.63) is 142 Å². The SMILES string of the molecule is COC(=O)CCC/C(O)=C/c1ccn([C@@H]2O[C@H](COC(=O)c3ccccc3)[C@@H](OC(=O)c3ccccc3)[C@H]2OC(=O)c2ccccc2)c(=O)n1. The maximum atomic E-state index is 13.4. The van der Waals surface area contributed by atoms with Crippen LogP contribution in [0.15, 0.2) is 114 Å². The van der Waals surface area contributed by atoms with E-state index in [1.165, 1.54) is 49.7 Å². The fraction of sp³-hybridized carbons (Fsp3) is 0.243. The highest BCUT2D eigenvalue weighted by Gasteiger charge is 2.51. The van der Waals surface area contributed by atoms with Crippen molar-refractivity contribution in [2.75, 3.05) is 13.7 Å². The molecule has 0 spiro atoms. The maximum Gasteiger partial charge on any atom is 0.350 e. The third-order valence-corrected chi connectivity index (χ3v) is 7.66. The molecule has 0 bridgehead atoms. The third kappa shape index (κ3) is 9.08. The smallest absolute Gasteiger partial charge is 0.350 e. The van der Waals surface area contributed by atoms with Gasteiger partial charge in [-0.25, -0.2) is 19.2 Å². The molecule has 1 aliphatic heterocycles. The highest BCUT2D eigenvalue weighted by atomic mass is 16.7. The summed E-state index contributed by atoms with van der Waals surface area (Å²) in [5.41, 5.74) is -0.0815. The molecule has 13 heteroatoms. The van der Waals surface area contributed by atoms with Crippen molar-refractivity contribution in [3.8, 4) is 0 Å². The van der Waals surface area contributed by atoms with Crippen LogP contribution < -0.4 is 5.69 Å². The van der Waals surface area contributed by atoms with E-state index in [1.807, 2.05) is 0 Å². The van der Waals surface area contributed by atoms with Gasteiger partial charge in [-0.2, -0.15) is 4.98 Å². The molecule has 1 aromatic heterocycles. The molecule has 1 aliphatic rings. The van der Waals surface area contributed by atoms with E-state index in [4.69, 9.17) is 18.9 Å². The summed E-state index contributed by atoms with van der Waals surface area (Å²) in [5.74, 6) is -2.76. The Morgan fingerprint density at radius 3 is 1.86 bits per heavy atom. The number of carbonyl (C=O) groups is 4. The second-order valence-corrected chi connectivity index (χ2v) is 11.1. The number of esters is 4. The van der Waals surface area contributed by atoms with E-state index in [2.05, 4.69) is 9.72 Å². The molecular weight excluding hydrogens is 648 g/mol. The summed E-state index contributed by atoms with van der Waals surface area (Å²) in [4.78, 5) is 68.4. The summed E-state index contributed by atoms with van der Waals surface area (Å²) >= 11 is 0. The molecule has 5 rings (SSSR count). The minimum Gasteiger partial charge on any atom is -0.512 e. The number of aliphatic hydroxyl groups excluding tert-OH is 1. The quantitative estimate of drug-likeness (QED) is 0.117. The first-order valence-electron chi connectivity index (χ1n) is 15.7. The van der Waals surface area contributed by atoms with Crippen LogP contribution in [-0.4, -0.2) is 70.6 Å². The molecule has 50 heavy (non-hydrogen) atoms. The molecule has 1 saturated heterocycles. The molecule has 1 N–H and O–H groups in total. The van der Waals surface area contributed by atoms with E-state index < -0.39 is 60.7 Å². The Labute approximate surface area is 286 Å². The molecule has 0 radical (unpaired) electrons. The zero-order chi connectivity index (χ0) is 35.5. The molecule has 0 aliphatic carbocycles. The summed E-state index contributed by atoms with van der Waals surface area (Å²) in [6.07, 6.45) is -2.19. The van der Waals surface area contributed by atoms with E-state index in [-0.39, 0.29) is 41.0 Å². The second kappa shape index (κ2) is 16.8. The van der Waals surface area contributed by atoms with Gasteiger partial charge in [0.15, 0.2) is 18.4 Å². The highest BCUT2D eigenvalue weighted by molar-refractivity contribution is 5.91. The van der Waals surface area contributed by atoms with E-state index >= 15 is 0 Å². The minimum atomic E-state index is -1.41. The van der Waals surface area contributed by atoms with Crippen LogP contribution in [0.1, 0.15) is 62.3 Å². The minimum absolute atomic E-state index is 0.101. The standard InChI is InChI=1S/C37H34N2O11/c1-46-30(41)19-11-18-28(40)22-27-20-21-39(37(45)38-27)33-32(50-36(44)26-16-9-4-10-17-26)31(49-35(43)25-14-7-3-8-15-25)29(48-33)23-47-34(42)24-12-5-2-6-13-24/h2-10,12-17,20-22,29,31-33,40H,11,18-19,23H2,1H3/b28-22-/t29-,31-,32-,33-/m1/s1. The van der Waals surface area contributed by atoms with Crippen molar-refractivity contribution in [2.45, 2.75) is 43.8 Å². The lowest BCUT2D eigenvalue weighted by atomic mass is 10.1. The van der Waals surface area contributed by atoms with Gasteiger partial charge in [0, 0.05) is 25.1 Å². The van der Waals surface area contributed by atoms with Crippen molar-refractivity contribution in [3.63, 3.8) is 0 Å². The summed E-state index contributed by atoms with van der Waals surface area (Å²) in [5, 5.41) is 10.3. The lowest BCUT2D eigenvalue weighted by Crippen LogP contribution is -2.42. The number of aliphatic hydroxyl groups is 1. The van der Waals surface area contributed by atoms with Crippen molar-refractivity contribution in [1.29, 1.82) is 0 Å². The van der Waals surface area contributed by atoms with Crippen LogP contribution in [0.3, 0.4) is 0 Å². The number of rotatable bonds is 13. The van der Waals surface area contributed by atoms with E-state index in [0.717, 1.165) is 4.57 Å². The van der Waals surface area contributed by atoms with Gasteiger partial charge >= 0.3 is 29.6 Å². The van der Waals surface area contributed by atoms with Gasteiger partial charge in [0.2, 0.25) is 0 Å². The fourth-order valence-corrected chi connectivity index (χ4v) is 5.14. The third-order valence-electron chi connectivity index (χ3n) is 7.66. The van der Waals surface area contributed by atoms with E-state index in [1.54, 1.807) is 66.7 Å². The van der Waals surface area contributed by atoms with Crippen LogP contribution in [0.25, 0.3) is 6.08 Å². The van der Waals surface area contributed by atoms with Gasteiger partial charge < -0.3 is 28.8 Å². The predicted octanol–water partition coefficient (Wildman–Crippen LogP) is 4.69. The normalized spacial score (nSPS) is 18.5. The molecule has 0 saturated carbocycles. The van der Waals surface area contributed by atoms with Gasteiger partial charge in [0.1, 0.15) is 12.7 Å². The molecule has 0 unspecified atom stereocenters. The maximum absolute atomic E-state index is 13.4. The lowest BCUT2D eigenvalue weighted by Gasteiger charge is -2.25. The molecule has 4 aromatic rings. The van der Waals surface area contributed by atoms with Gasteiger partial charge in [-0.05, 0) is 48.9 Å². The highest BCUT2D eigenvalue weighted by Crippen LogP contribution is 2.35. The Bertz CT molecular complexity index is 1880. The van der Waals surface area contributed by atoms with E-state index in [9.17, 15) is 29.1 Å². The largest absolute Gasteiger partial charge is 0.512 e. The first-order valence-corrected chi connectivity index (χ1v) is 15.7. The number of aromatic nitrogens is 2. The van der Waals surface area contributed by atoms with Crippen LogP contribution in [0.4, 0.5) is 0 Å². The van der Waals surface area contributed by atoms with Crippen molar-refractivity contribution >= 4 is 30.0 Å². The molecule has 13 nitrogen and oxygen atoms in total. The van der Waals surface area contributed by atoms with Gasteiger partial charge in [-0.3, -0.25) is 9.36 Å². The van der Waals surface area contributed by atoms with Gasteiger partial charge in [-0.1, -0.05) is 54.6 Å². The topological polar surface area (TPSA) is 170 Å². The van der Waals surface area contributed by atoms with Gasteiger partial charge in [0.25, 0.3) is 0 Å². The first kappa shape index (κ1) is 35.2. The van der Waals surface area contributed by atoms with Crippen molar-refractivity contribution in [1.82, 2.24) is 9.55 Å². The zero-order valence-corrected chi connectivity index (χ0v) is 27.0. The average Bonchev–Trinajstić information content (AvgIpc) is 3.46. The van der Waals surface area contributed by atoms with Crippen LogP contribution in [0.2, 0.25) is 0 Å². The van der Waals surface area contributed by atoms with Crippen LogP contribution >= 0.6 is 0 Å². The lowest BCUT2D eigenvalue weighted by molar-refractivity contribution is -0.140. The monoisotopic (exact) mass is 682 g/mol. The Morgan fingerprint density at radius 1 is 0.780 bits per heavy atom. The molecule has 4 atom stereocenters. The van der Waals surface area contributed by atoms with Gasteiger partial charge in [0.05, 0.1) is 35.3 Å². The molecular formula is C37H34N2O11. The number of benzene rings is 3. The molecule has 2 heterocycles. The Kier molecular flexibility index (Phi) is 11.9. The predicted molar refractivity (Wildman–Crippen MR) is 177 cm³/mol. The molecule has 258 valence electrons. The summed E-state index contributed by atoms with van der Waals surface area (Å²) in [6, 6.07) is 25.8. The second-order valence-electron chi connectivity index (χ2n) is 11.1. The Morgan fingerprint density at radius 2 is 1.32 bits per heavy atom.